The van der Waals surface area contributed by atoms with Gasteiger partial charge in [-0.05, 0) is 0 Å². The molecular formula is CH5F8S. The minimum absolute atomic E-state index is 0. The van der Waals surface area contributed by atoms with Gasteiger partial charge in [-0.3, -0.25) is 23.5 Å². The molecule has 0 heterocycles. The van der Waals surface area contributed by atoms with Crippen molar-refractivity contribution in [1.29, 1.82) is 0 Å². The molecule has 0 saturated carbocycles. The molecule has 0 aromatic heterocycles. The van der Waals surface area contributed by atoms with Crippen molar-refractivity contribution >= 4 is 12.6 Å². The maximum Gasteiger partial charge on any atom is 0.452 e. The third-order valence-corrected chi connectivity index (χ3v) is 0. The summed E-state index contributed by atoms with van der Waals surface area (Å²) >= 11 is 2.83. The zero-order chi connectivity index (χ0) is 4.50. The van der Waals surface area contributed by atoms with Crippen LogP contribution in [-0.2, 0) is 0 Å². The van der Waals surface area contributed by atoms with Crippen LogP contribution in [0.4, 0.5) is 36.7 Å². The molecule has 0 aliphatic rings. The molecule has 0 amide bonds. The summed E-state index contributed by atoms with van der Waals surface area (Å²) in [6.07, 6.45) is 0. The Morgan fingerprint density at radius 3 is 0.700 bits per heavy atom. The lowest BCUT2D eigenvalue weighted by Gasteiger charge is -1.85. The molecule has 0 atom stereocenters. The molecule has 10 heavy (non-hydrogen) atoms. The fourth-order valence-corrected chi connectivity index (χ4v) is 0. The second-order valence-corrected chi connectivity index (χ2v) is 0.909. The molecule has 9 heteroatoms. The van der Waals surface area contributed by atoms with Crippen molar-refractivity contribution in [2.24, 2.45) is 0 Å². The smallest absolute Gasteiger partial charge is 0.269 e. The second-order valence-electron chi connectivity index (χ2n) is 0.446. The highest BCUT2D eigenvalue weighted by Gasteiger charge is 2.19. The number of halogens is 8. The van der Waals surface area contributed by atoms with Crippen molar-refractivity contribution in [2.45, 2.75) is 5.51 Å². The van der Waals surface area contributed by atoms with Gasteiger partial charge in [0.1, 0.15) is 0 Å². The normalized spacial score (nSPS) is 6.00. The second kappa shape index (κ2) is 15.9. The molecule has 0 rings (SSSR count). The van der Waals surface area contributed by atoms with Crippen LogP contribution in [-0.4, -0.2) is 5.51 Å². The molecule has 0 aromatic rings. The predicted molar refractivity (Wildman–Crippen MR) is 26.2 cm³/mol. The van der Waals surface area contributed by atoms with Gasteiger partial charge in [-0.2, -0.15) is 13.2 Å². The average molecular weight is 201 g/mol. The highest BCUT2D eigenvalue weighted by atomic mass is 32.1. The van der Waals surface area contributed by atoms with Gasteiger partial charge in [0.15, 0.2) is 0 Å². The fourth-order valence-electron chi connectivity index (χ4n) is 0. The van der Waals surface area contributed by atoms with Gasteiger partial charge in [-0.15, -0.1) is 0 Å². The van der Waals surface area contributed by atoms with Crippen LogP contribution >= 0.6 is 12.6 Å². The molecule has 0 aliphatic carbocycles. The van der Waals surface area contributed by atoms with E-state index in [9.17, 15) is 13.2 Å². The minimum atomic E-state index is -4.42. The summed E-state index contributed by atoms with van der Waals surface area (Å²) in [7, 11) is 0. The summed E-state index contributed by atoms with van der Waals surface area (Å²) < 4.78 is 30.5. The Bertz CT molecular complexity index is 24.7. The number of hydrogen-bond acceptors (Lipinski definition) is 0. The molecule has 0 spiro atoms. The topological polar surface area (TPSA) is 0 Å². The van der Waals surface area contributed by atoms with Crippen molar-refractivity contribution in [3.05, 3.63) is 0 Å². The standard InChI is InChI=1S/CF3S.5FH/c2-1(3,4)5;;;;;/h;5*1H. The van der Waals surface area contributed by atoms with E-state index in [1.54, 1.807) is 0 Å². The Kier molecular flexibility index (Phi) is 83.8. The third kappa shape index (κ3) is 8140. The quantitative estimate of drug-likeness (QED) is 0.528. The largest absolute Gasteiger partial charge is 0.452 e. The zero-order valence-electron chi connectivity index (χ0n) is 4.08. The van der Waals surface area contributed by atoms with Crippen LogP contribution in [0.2, 0.25) is 0 Å². The van der Waals surface area contributed by atoms with E-state index in [2.05, 4.69) is 12.6 Å². The van der Waals surface area contributed by atoms with Crippen LogP contribution in [0.25, 0.3) is 0 Å². The van der Waals surface area contributed by atoms with Gasteiger partial charge in [0.2, 0.25) is 0 Å². The Hall–Kier alpha value is -0.210. The van der Waals surface area contributed by atoms with Gasteiger partial charge < -0.3 is 0 Å². The molecule has 0 aliphatic heterocycles. The number of hydrogen-bond donors (Lipinski definition) is 0. The van der Waals surface area contributed by atoms with E-state index in [1.165, 1.54) is 0 Å². The lowest BCUT2D eigenvalue weighted by atomic mass is 11.6. The van der Waals surface area contributed by atoms with E-state index in [1.807, 2.05) is 0 Å². The van der Waals surface area contributed by atoms with Crippen molar-refractivity contribution in [3.8, 4) is 0 Å². The van der Waals surface area contributed by atoms with Gasteiger partial charge in [-0.25, -0.2) is 0 Å². The number of rotatable bonds is 0. The van der Waals surface area contributed by atoms with Crippen molar-refractivity contribution in [1.82, 2.24) is 0 Å². The van der Waals surface area contributed by atoms with E-state index in [4.69, 9.17) is 0 Å². The van der Waals surface area contributed by atoms with Gasteiger partial charge in [0.25, 0.3) is 0 Å². The summed E-state index contributed by atoms with van der Waals surface area (Å²) in [6, 6.07) is 0. The monoisotopic (exact) mass is 201 g/mol. The molecular weight excluding hydrogens is 196 g/mol. The average Bonchev–Trinajstić information content (AvgIpc) is 0.722. The number of alkyl halides is 3. The maximum atomic E-state index is 10.2. The van der Waals surface area contributed by atoms with Crippen molar-refractivity contribution in [2.75, 3.05) is 0 Å². The van der Waals surface area contributed by atoms with Crippen molar-refractivity contribution in [3.63, 3.8) is 0 Å². The Labute approximate surface area is 56.0 Å². The third-order valence-electron chi connectivity index (χ3n) is 0. The summed E-state index contributed by atoms with van der Waals surface area (Å²) in [6.45, 7) is 0. The van der Waals surface area contributed by atoms with Gasteiger partial charge in [-0.1, -0.05) is 0 Å². The lowest BCUT2D eigenvalue weighted by Crippen LogP contribution is -1.89. The predicted octanol–water partition coefficient (Wildman–Crippen LogP) is 2.47. The summed E-state index contributed by atoms with van der Waals surface area (Å²) in [5.41, 5.74) is -4.42. The molecule has 0 unspecified atom stereocenters. The van der Waals surface area contributed by atoms with Crippen LogP contribution in [0.1, 0.15) is 0 Å². The molecule has 0 saturated heterocycles. The molecule has 0 nitrogen and oxygen atoms in total. The van der Waals surface area contributed by atoms with Gasteiger partial charge in [0, 0.05) is 12.6 Å². The lowest BCUT2D eigenvalue weighted by molar-refractivity contribution is -0.0303. The fraction of sp³-hybridized carbons (Fsp3) is 1.00. The van der Waals surface area contributed by atoms with Gasteiger partial charge >= 0.3 is 5.51 Å². The minimum Gasteiger partial charge on any atom is -0.269 e. The molecule has 0 aromatic carbocycles. The molecule has 71 valence electrons. The van der Waals surface area contributed by atoms with E-state index in [0.29, 0.717) is 0 Å². The summed E-state index contributed by atoms with van der Waals surface area (Å²) in [5.74, 6) is 0. The highest BCUT2D eigenvalue weighted by Crippen LogP contribution is 2.17. The zero-order valence-corrected chi connectivity index (χ0v) is 4.90. The van der Waals surface area contributed by atoms with Crippen LogP contribution in [0.5, 0.6) is 0 Å². The Morgan fingerprint density at radius 1 is 0.700 bits per heavy atom. The first-order valence-electron chi connectivity index (χ1n) is 0.771. The van der Waals surface area contributed by atoms with E-state index < -0.39 is 5.51 Å². The van der Waals surface area contributed by atoms with E-state index in [-0.39, 0.29) is 23.5 Å². The van der Waals surface area contributed by atoms with Gasteiger partial charge in [0.05, 0.1) is 0 Å². The van der Waals surface area contributed by atoms with Crippen molar-refractivity contribution < 1.29 is 36.7 Å². The maximum absolute atomic E-state index is 10.2. The first-order valence-corrected chi connectivity index (χ1v) is 1.18. The van der Waals surface area contributed by atoms with E-state index >= 15 is 0 Å². The first kappa shape index (κ1) is 52.7. The Morgan fingerprint density at radius 2 is 0.700 bits per heavy atom. The van der Waals surface area contributed by atoms with Crippen LogP contribution in [0.15, 0.2) is 0 Å². The summed E-state index contributed by atoms with van der Waals surface area (Å²) in [4.78, 5) is 0. The van der Waals surface area contributed by atoms with Crippen LogP contribution in [0, 0.1) is 0 Å². The molecule has 1 radical (unpaired) electrons. The van der Waals surface area contributed by atoms with Crippen LogP contribution in [0.3, 0.4) is 0 Å². The summed E-state index contributed by atoms with van der Waals surface area (Å²) in [5, 5.41) is 0. The molecule has 0 fully saturated rings. The Balaban J connectivity index is -0.00000000800. The molecule has 0 bridgehead atoms. The van der Waals surface area contributed by atoms with Crippen LogP contribution < -0.4 is 0 Å². The van der Waals surface area contributed by atoms with E-state index in [0.717, 1.165) is 0 Å². The molecule has 0 N–H and O–H groups in total. The SMILES string of the molecule is F.F.F.F.F.FC(F)(F)[S]. The highest BCUT2D eigenvalue weighted by molar-refractivity contribution is 7.81. The first-order chi connectivity index (χ1) is 2.00.